The minimum atomic E-state index is 0.141. The summed E-state index contributed by atoms with van der Waals surface area (Å²) in [5.74, 6) is 0.141. The van der Waals surface area contributed by atoms with Crippen molar-refractivity contribution in [2.75, 3.05) is 0 Å². The van der Waals surface area contributed by atoms with Crippen LogP contribution in [0.15, 0.2) is 47.1 Å². The van der Waals surface area contributed by atoms with Gasteiger partial charge in [-0.3, -0.25) is 4.79 Å². The summed E-state index contributed by atoms with van der Waals surface area (Å²) >= 11 is 3.46. The lowest BCUT2D eigenvalue weighted by Gasteiger charge is -2.04. The number of nitrogens with one attached hydrogen (secondary N) is 1. The van der Waals surface area contributed by atoms with Gasteiger partial charge < -0.3 is 4.98 Å². The molecule has 0 fully saturated rings. The third-order valence-electron chi connectivity index (χ3n) is 3.88. The number of benzene rings is 2. The van der Waals surface area contributed by atoms with Crippen LogP contribution in [0.1, 0.15) is 27.0 Å². The topological polar surface area (TPSA) is 32.9 Å². The van der Waals surface area contributed by atoms with Gasteiger partial charge in [-0.15, -0.1) is 0 Å². The summed E-state index contributed by atoms with van der Waals surface area (Å²) in [4.78, 5) is 15.7. The second-order valence-electron chi connectivity index (χ2n) is 5.41. The number of halogens is 1. The van der Waals surface area contributed by atoms with E-state index in [0.29, 0.717) is 6.42 Å². The van der Waals surface area contributed by atoms with Crippen LogP contribution in [-0.4, -0.2) is 10.8 Å². The fourth-order valence-electron chi connectivity index (χ4n) is 2.52. The number of aryl methyl sites for hydroxylation is 2. The fourth-order valence-corrected chi connectivity index (χ4v) is 2.88. The molecular formula is C18H16BrNO. The van der Waals surface area contributed by atoms with E-state index in [1.807, 2.05) is 24.3 Å². The van der Waals surface area contributed by atoms with Gasteiger partial charge in [0.2, 0.25) is 0 Å². The Bertz CT molecular complexity index is 832. The molecule has 2 nitrogen and oxygen atoms in total. The van der Waals surface area contributed by atoms with Crippen molar-refractivity contribution >= 4 is 32.6 Å². The van der Waals surface area contributed by atoms with E-state index in [4.69, 9.17) is 0 Å². The second-order valence-corrected chi connectivity index (χ2v) is 6.33. The fraction of sp³-hybridized carbons (Fsp3) is 0.167. The Morgan fingerprint density at radius 1 is 1.10 bits per heavy atom. The summed E-state index contributed by atoms with van der Waals surface area (Å²) in [5.41, 5.74) is 5.28. The molecule has 0 saturated heterocycles. The molecule has 1 heterocycles. The number of carbonyl (C=O) groups is 1. The summed E-state index contributed by atoms with van der Waals surface area (Å²) in [7, 11) is 0. The van der Waals surface area contributed by atoms with E-state index in [1.54, 1.807) is 6.20 Å². The van der Waals surface area contributed by atoms with E-state index in [2.05, 4.69) is 46.9 Å². The Hall–Kier alpha value is -1.87. The van der Waals surface area contributed by atoms with Gasteiger partial charge in [0.1, 0.15) is 0 Å². The Balaban J connectivity index is 1.93. The normalized spacial score (nSPS) is 11.0. The van der Waals surface area contributed by atoms with Crippen molar-refractivity contribution in [1.29, 1.82) is 0 Å². The first-order valence-corrected chi connectivity index (χ1v) is 7.70. The Labute approximate surface area is 132 Å². The molecule has 0 spiro atoms. The predicted molar refractivity (Wildman–Crippen MR) is 89.9 cm³/mol. The van der Waals surface area contributed by atoms with Crippen LogP contribution in [0.4, 0.5) is 0 Å². The maximum absolute atomic E-state index is 12.6. The molecule has 0 saturated carbocycles. The Kier molecular flexibility index (Phi) is 3.68. The molecule has 0 amide bonds. The van der Waals surface area contributed by atoms with Gasteiger partial charge in [-0.05, 0) is 48.7 Å². The highest BCUT2D eigenvalue weighted by Crippen LogP contribution is 2.24. The molecule has 0 aliphatic rings. The summed E-state index contributed by atoms with van der Waals surface area (Å²) in [6.45, 7) is 4.16. The minimum absolute atomic E-state index is 0.141. The van der Waals surface area contributed by atoms with E-state index in [9.17, 15) is 4.79 Å². The van der Waals surface area contributed by atoms with Crippen molar-refractivity contribution in [3.05, 3.63) is 69.3 Å². The molecule has 0 unspecified atom stereocenters. The molecule has 2 aromatic carbocycles. The van der Waals surface area contributed by atoms with Crippen LogP contribution in [0.2, 0.25) is 0 Å². The minimum Gasteiger partial charge on any atom is -0.360 e. The number of hydrogen-bond acceptors (Lipinski definition) is 1. The van der Waals surface area contributed by atoms with Crippen LogP contribution in [-0.2, 0) is 6.42 Å². The van der Waals surface area contributed by atoms with Gasteiger partial charge in [0.05, 0.1) is 0 Å². The molecule has 106 valence electrons. The molecule has 0 bridgehead atoms. The van der Waals surface area contributed by atoms with Crippen LogP contribution in [0.5, 0.6) is 0 Å². The molecule has 21 heavy (non-hydrogen) atoms. The zero-order valence-electron chi connectivity index (χ0n) is 12.0. The standard InChI is InChI=1S/C18H16BrNO/c1-11-3-4-13(7-12(11)2)8-18(21)16-10-20-17-6-5-14(19)9-15(16)17/h3-7,9-10,20H,8H2,1-2H3. The highest BCUT2D eigenvalue weighted by Gasteiger charge is 2.13. The molecule has 0 aliphatic carbocycles. The molecule has 3 heteroatoms. The molecule has 0 atom stereocenters. The molecule has 3 rings (SSSR count). The van der Waals surface area contributed by atoms with E-state index in [-0.39, 0.29) is 5.78 Å². The monoisotopic (exact) mass is 341 g/mol. The van der Waals surface area contributed by atoms with Gasteiger partial charge in [-0.25, -0.2) is 0 Å². The van der Waals surface area contributed by atoms with Gasteiger partial charge in [-0.1, -0.05) is 34.1 Å². The van der Waals surface area contributed by atoms with Crippen molar-refractivity contribution in [3.8, 4) is 0 Å². The molecule has 3 aromatic rings. The number of rotatable bonds is 3. The van der Waals surface area contributed by atoms with Crippen LogP contribution < -0.4 is 0 Å². The first-order valence-electron chi connectivity index (χ1n) is 6.90. The molecule has 1 aromatic heterocycles. The van der Waals surface area contributed by atoms with Crippen LogP contribution in [0, 0.1) is 13.8 Å². The number of ketones is 1. The smallest absolute Gasteiger partial charge is 0.169 e. The number of aromatic amines is 1. The lowest BCUT2D eigenvalue weighted by molar-refractivity contribution is 0.0994. The average molecular weight is 342 g/mol. The van der Waals surface area contributed by atoms with E-state index in [0.717, 1.165) is 26.5 Å². The zero-order valence-corrected chi connectivity index (χ0v) is 13.6. The molecule has 1 N–H and O–H groups in total. The van der Waals surface area contributed by atoms with Gasteiger partial charge in [0, 0.05) is 33.6 Å². The number of aromatic nitrogens is 1. The molecule has 0 aliphatic heterocycles. The highest BCUT2D eigenvalue weighted by molar-refractivity contribution is 9.10. The molecular weight excluding hydrogens is 326 g/mol. The second kappa shape index (κ2) is 5.49. The summed E-state index contributed by atoms with van der Waals surface area (Å²) in [5, 5.41) is 0.971. The predicted octanol–water partition coefficient (Wildman–Crippen LogP) is 4.97. The number of Topliss-reactive ketones (excluding diaryl/α,β-unsaturated/α-hetero) is 1. The van der Waals surface area contributed by atoms with Gasteiger partial charge in [0.25, 0.3) is 0 Å². The van der Waals surface area contributed by atoms with E-state index >= 15 is 0 Å². The Morgan fingerprint density at radius 2 is 1.90 bits per heavy atom. The average Bonchev–Trinajstić information content (AvgIpc) is 2.86. The van der Waals surface area contributed by atoms with E-state index in [1.165, 1.54) is 11.1 Å². The highest BCUT2D eigenvalue weighted by atomic mass is 79.9. The first kappa shape index (κ1) is 14.1. The van der Waals surface area contributed by atoms with Gasteiger partial charge in [-0.2, -0.15) is 0 Å². The van der Waals surface area contributed by atoms with Gasteiger partial charge >= 0.3 is 0 Å². The summed E-state index contributed by atoms with van der Waals surface area (Å²) < 4.78 is 0.981. The zero-order chi connectivity index (χ0) is 15.0. The van der Waals surface area contributed by atoms with E-state index < -0.39 is 0 Å². The van der Waals surface area contributed by atoms with Crippen LogP contribution in [0.3, 0.4) is 0 Å². The largest absolute Gasteiger partial charge is 0.360 e. The van der Waals surface area contributed by atoms with Gasteiger partial charge in [0.15, 0.2) is 5.78 Å². The summed E-state index contributed by atoms with van der Waals surface area (Å²) in [6, 6.07) is 12.1. The van der Waals surface area contributed by atoms with Crippen molar-refractivity contribution in [1.82, 2.24) is 4.98 Å². The van der Waals surface area contributed by atoms with Crippen molar-refractivity contribution in [2.45, 2.75) is 20.3 Å². The lowest BCUT2D eigenvalue weighted by Crippen LogP contribution is -2.03. The maximum Gasteiger partial charge on any atom is 0.169 e. The van der Waals surface area contributed by atoms with Crippen LogP contribution >= 0.6 is 15.9 Å². The maximum atomic E-state index is 12.6. The van der Waals surface area contributed by atoms with Crippen molar-refractivity contribution in [3.63, 3.8) is 0 Å². The van der Waals surface area contributed by atoms with Crippen molar-refractivity contribution in [2.24, 2.45) is 0 Å². The first-order chi connectivity index (χ1) is 10.0. The number of fused-ring (bicyclic) bond motifs is 1. The Morgan fingerprint density at radius 3 is 2.67 bits per heavy atom. The SMILES string of the molecule is Cc1ccc(CC(=O)c2c[nH]c3ccc(Br)cc23)cc1C. The van der Waals surface area contributed by atoms with Crippen molar-refractivity contribution < 1.29 is 4.79 Å². The third kappa shape index (κ3) is 2.79. The lowest BCUT2D eigenvalue weighted by atomic mass is 9.99. The number of H-pyrrole nitrogens is 1. The molecule has 0 radical (unpaired) electrons. The number of hydrogen-bond donors (Lipinski definition) is 1. The third-order valence-corrected chi connectivity index (χ3v) is 4.37. The quantitative estimate of drug-likeness (QED) is 0.670. The number of carbonyl (C=O) groups excluding carboxylic acids is 1. The summed E-state index contributed by atoms with van der Waals surface area (Å²) in [6.07, 6.45) is 2.24. The van der Waals surface area contributed by atoms with Crippen LogP contribution in [0.25, 0.3) is 10.9 Å².